The van der Waals surface area contributed by atoms with E-state index in [1.165, 1.54) is 19.1 Å². The van der Waals surface area contributed by atoms with E-state index in [1.807, 2.05) is 6.92 Å². The molecule has 0 saturated heterocycles. The minimum absolute atomic E-state index is 0.00703. The molecule has 5 nitrogen and oxygen atoms in total. The minimum atomic E-state index is -3.92. The first-order valence-corrected chi connectivity index (χ1v) is 5.81. The molecule has 0 aromatic heterocycles. The van der Waals surface area contributed by atoms with E-state index in [2.05, 4.69) is 9.44 Å². The Hall–Kier alpha value is -1.87. The molecule has 0 radical (unpaired) electrons. The molecule has 0 aliphatic rings. The van der Waals surface area contributed by atoms with E-state index in [9.17, 15) is 8.42 Å². The molecule has 0 atom stereocenters. The van der Waals surface area contributed by atoms with Crippen LogP contribution in [0.15, 0.2) is 34.3 Å². The standard InChI is InChI=1S/C10H10N2O3S/c1-8-3-5-10(6-4-8)16(13,14)15-12-9(2)7-11/h3-6H,1-2H3/b12-9+. The number of oxime groups is 1. The molecule has 0 bridgehead atoms. The predicted molar refractivity (Wildman–Crippen MR) is 58.2 cm³/mol. The molecule has 0 fully saturated rings. The van der Waals surface area contributed by atoms with Crippen LogP contribution >= 0.6 is 0 Å². The molecule has 16 heavy (non-hydrogen) atoms. The van der Waals surface area contributed by atoms with Crippen molar-refractivity contribution in [1.82, 2.24) is 0 Å². The molecule has 1 aromatic carbocycles. The summed E-state index contributed by atoms with van der Waals surface area (Å²) in [7, 11) is -3.92. The highest BCUT2D eigenvalue weighted by Crippen LogP contribution is 2.13. The van der Waals surface area contributed by atoms with Gasteiger partial charge in [-0.1, -0.05) is 22.9 Å². The molecule has 0 unspecified atom stereocenters. The summed E-state index contributed by atoms with van der Waals surface area (Å²) in [5.41, 5.74) is 0.881. The van der Waals surface area contributed by atoms with Crippen molar-refractivity contribution in [3.63, 3.8) is 0 Å². The van der Waals surface area contributed by atoms with Crippen LogP contribution in [0.5, 0.6) is 0 Å². The van der Waals surface area contributed by atoms with Gasteiger partial charge in [0.05, 0.1) is 0 Å². The first-order chi connectivity index (χ1) is 7.45. The van der Waals surface area contributed by atoms with E-state index in [0.29, 0.717) is 0 Å². The van der Waals surface area contributed by atoms with Crippen LogP contribution < -0.4 is 0 Å². The SMILES string of the molecule is C/C(C#N)=N\OS(=O)(=O)c1ccc(C)cc1. The fourth-order valence-electron chi connectivity index (χ4n) is 0.873. The van der Waals surface area contributed by atoms with E-state index in [4.69, 9.17) is 5.26 Å². The lowest BCUT2D eigenvalue weighted by Gasteiger charge is -2.01. The Balaban J connectivity index is 2.96. The van der Waals surface area contributed by atoms with Gasteiger partial charge in [0.15, 0.2) is 5.71 Å². The smallest absolute Gasteiger partial charge is 0.264 e. The molecule has 1 aromatic rings. The average Bonchev–Trinajstić information content (AvgIpc) is 2.26. The second-order valence-corrected chi connectivity index (χ2v) is 4.66. The van der Waals surface area contributed by atoms with Gasteiger partial charge in [-0.05, 0) is 26.0 Å². The van der Waals surface area contributed by atoms with Gasteiger partial charge in [0.2, 0.25) is 0 Å². The molecule has 0 aliphatic heterocycles. The van der Waals surface area contributed by atoms with Crippen LogP contribution in [0.4, 0.5) is 0 Å². The van der Waals surface area contributed by atoms with Crippen molar-refractivity contribution in [3.05, 3.63) is 29.8 Å². The van der Waals surface area contributed by atoms with Gasteiger partial charge in [0.1, 0.15) is 11.0 Å². The Bertz CT molecular complexity index is 538. The molecule has 0 saturated carbocycles. The maximum absolute atomic E-state index is 11.5. The molecule has 0 aliphatic carbocycles. The fourth-order valence-corrected chi connectivity index (χ4v) is 1.64. The summed E-state index contributed by atoms with van der Waals surface area (Å²) in [6.45, 7) is 3.19. The Labute approximate surface area is 94.1 Å². The van der Waals surface area contributed by atoms with Crippen LogP contribution in [0.3, 0.4) is 0 Å². The zero-order chi connectivity index (χ0) is 12.2. The fraction of sp³-hybridized carbons (Fsp3) is 0.200. The Kier molecular flexibility index (Phi) is 3.64. The quantitative estimate of drug-likeness (QED) is 0.591. The first-order valence-electron chi connectivity index (χ1n) is 4.41. The highest BCUT2D eigenvalue weighted by molar-refractivity contribution is 7.86. The van der Waals surface area contributed by atoms with Gasteiger partial charge in [-0.25, -0.2) is 0 Å². The molecule has 1 rings (SSSR count). The second kappa shape index (κ2) is 4.77. The number of aryl methyl sites for hydroxylation is 1. The zero-order valence-corrected chi connectivity index (χ0v) is 9.65. The monoisotopic (exact) mass is 238 g/mol. The lowest BCUT2D eigenvalue weighted by atomic mass is 10.2. The van der Waals surface area contributed by atoms with Gasteiger partial charge < -0.3 is 0 Å². The summed E-state index contributed by atoms with van der Waals surface area (Å²) < 4.78 is 27.4. The lowest BCUT2D eigenvalue weighted by Crippen LogP contribution is -2.03. The summed E-state index contributed by atoms with van der Waals surface area (Å²) in [5.74, 6) is 0. The third-order valence-electron chi connectivity index (χ3n) is 1.74. The van der Waals surface area contributed by atoms with Crippen molar-refractivity contribution >= 4 is 15.8 Å². The summed E-state index contributed by atoms with van der Waals surface area (Å²) in [6, 6.07) is 7.80. The van der Waals surface area contributed by atoms with Crippen LogP contribution in [0.2, 0.25) is 0 Å². The number of hydrogen-bond acceptors (Lipinski definition) is 5. The van der Waals surface area contributed by atoms with E-state index in [1.54, 1.807) is 18.2 Å². The molecule has 0 spiro atoms. The van der Waals surface area contributed by atoms with E-state index in [0.717, 1.165) is 5.56 Å². The Morgan fingerprint density at radius 3 is 2.44 bits per heavy atom. The van der Waals surface area contributed by atoms with Crippen molar-refractivity contribution in [2.24, 2.45) is 5.16 Å². The van der Waals surface area contributed by atoms with Crippen molar-refractivity contribution in [2.75, 3.05) is 0 Å². The highest BCUT2D eigenvalue weighted by Gasteiger charge is 2.15. The van der Waals surface area contributed by atoms with Gasteiger partial charge in [0.25, 0.3) is 0 Å². The maximum atomic E-state index is 11.5. The van der Waals surface area contributed by atoms with Gasteiger partial charge in [-0.3, -0.25) is 4.28 Å². The largest absolute Gasteiger partial charge is 0.358 e. The number of benzene rings is 1. The van der Waals surface area contributed by atoms with Crippen molar-refractivity contribution in [1.29, 1.82) is 5.26 Å². The molecule has 6 heteroatoms. The summed E-state index contributed by atoms with van der Waals surface area (Å²) in [4.78, 5) is 0.00703. The van der Waals surface area contributed by atoms with Gasteiger partial charge in [-0.15, -0.1) is 0 Å². The normalized spacial score (nSPS) is 11.9. The number of nitrogens with zero attached hydrogens (tertiary/aromatic N) is 2. The zero-order valence-electron chi connectivity index (χ0n) is 8.84. The summed E-state index contributed by atoms with van der Waals surface area (Å²) >= 11 is 0. The van der Waals surface area contributed by atoms with Crippen LogP contribution in [-0.2, 0) is 14.4 Å². The Morgan fingerprint density at radius 1 is 1.38 bits per heavy atom. The third-order valence-corrected chi connectivity index (χ3v) is 2.86. The van der Waals surface area contributed by atoms with E-state index >= 15 is 0 Å². The lowest BCUT2D eigenvalue weighted by molar-refractivity contribution is 0.339. The second-order valence-electron chi connectivity index (χ2n) is 3.13. The topological polar surface area (TPSA) is 79.5 Å². The predicted octanol–water partition coefficient (Wildman–Crippen LogP) is 1.60. The Morgan fingerprint density at radius 2 is 1.94 bits per heavy atom. The van der Waals surface area contributed by atoms with Crippen molar-refractivity contribution < 1.29 is 12.7 Å². The van der Waals surface area contributed by atoms with E-state index in [-0.39, 0.29) is 10.6 Å². The highest BCUT2D eigenvalue weighted by atomic mass is 32.2. The van der Waals surface area contributed by atoms with E-state index < -0.39 is 10.1 Å². The van der Waals surface area contributed by atoms with Crippen LogP contribution in [0.25, 0.3) is 0 Å². The van der Waals surface area contributed by atoms with Crippen molar-refractivity contribution in [3.8, 4) is 6.07 Å². The number of rotatable bonds is 3. The van der Waals surface area contributed by atoms with Gasteiger partial charge in [-0.2, -0.15) is 13.7 Å². The number of nitriles is 1. The maximum Gasteiger partial charge on any atom is 0.358 e. The first kappa shape index (κ1) is 12.2. The van der Waals surface area contributed by atoms with Crippen LogP contribution in [0, 0.1) is 18.3 Å². The molecule has 0 N–H and O–H groups in total. The average molecular weight is 238 g/mol. The molecule has 0 amide bonds. The minimum Gasteiger partial charge on any atom is -0.264 e. The van der Waals surface area contributed by atoms with Gasteiger partial charge in [0, 0.05) is 0 Å². The number of hydrogen-bond donors (Lipinski definition) is 0. The molecule has 0 heterocycles. The molecule has 84 valence electrons. The van der Waals surface area contributed by atoms with Crippen LogP contribution in [-0.4, -0.2) is 14.1 Å². The summed E-state index contributed by atoms with van der Waals surface area (Å²) in [6.07, 6.45) is 0. The molecular formula is C10H10N2O3S. The molecular weight excluding hydrogens is 228 g/mol. The van der Waals surface area contributed by atoms with Crippen LogP contribution in [0.1, 0.15) is 12.5 Å². The van der Waals surface area contributed by atoms with Crippen molar-refractivity contribution in [2.45, 2.75) is 18.7 Å². The van der Waals surface area contributed by atoms with Gasteiger partial charge >= 0.3 is 10.1 Å². The summed E-state index contributed by atoms with van der Waals surface area (Å²) in [5, 5.41) is 11.6. The third kappa shape index (κ3) is 3.07.